The van der Waals surface area contributed by atoms with Crippen LogP contribution < -0.4 is 0 Å². The van der Waals surface area contributed by atoms with Crippen LogP contribution in [0.5, 0.6) is 0 Å². The molecule has 1 saturated carbocycles. The Morgan fingerprint density at radius 3 is 2.53 bits per heavy atom. The van der Waals surface area contributed by atoms with E-state index in [-0.39, 0.29) is 18.1 Å². The number of carbonyl (C=O) groups excluding carboxylic acids is 1. The summed E-state index contributed by atoms with van der Waals surface area (Å²) in [6.45, 7) is 2.22. The maximum Gasteiger partial charge on any atom is 0.409 e. The first-order chi connectivity index (χ1) is 7.19. The van der Waals surface area contributed by atoms with Crippen molar-refractivity contribution in [3.63, 3.8) is 0 Å². The van der Waals surface area contributed by atoms with Crippen molar-refractivity contribution in [2.24, 2.45) is 5.92 Å². The number of nitrogens with zero attached hydrogens (tertiary/aromatic N) is 2. The predicted octanol–water partition coefficient (Wildman–Crippen LogP) is 2.16. The van der Waals surface area contributed by atoms with Crippen LogP contribution in [0.15, 0.2) is 0 Å². The van der Waals surface area contributed by atoms with Crippen LogP contribution >= 0.6 is 0 Å². The molecule has 0 spiro atoms. The van der Waals surface area contributed by atoms with Gasteiger partial charge in [0.25, 0.3) is 0 Å². The third kappa shape index (κ3) is 3.12. The molecule has 1 fully saturated rings. The molecule has 1 aliphatic carbocycles. The lowest BCUT2D eigenvalue weighted by molar-refractivity contribution is 0.0908. The maximum absolute atomic E-state index is 11.4. The van der Waals surface area contributed by atoms with Crippen molar-refractivity contribution in [1.82, 2.24) is 4.90 Å². The third-order valence-electron chi connectivity index (χ3n) is 2.98. The summed E-state index contributed by atoms with van der Waals surface area (Å²) >= 11 is 0. The van der Waals surface area contributed by atoms with Gasteiger partial charge in [-0.05, 0) is 32.6 Å². The Morgan fingerprint density at radius 1 is 1.47 bits per heavy atom. The van der Waals surface area contributed by atoms with E-state index in [1.165, 1.54) is 0 Å². The van der Waals surface area contributed by atoms with Crippen molar-refractivity contribution >= 4 is 6.09 Å². The van der Waals surface area contributed by atoms with Crippen LogP contribution in [0.2, 0.25) is 0 Å². The standard InChI is InChI=1S/C11H18N2O2/c1-3-15-11(14)13(2)10-6-4-9(8-12)5-7-10/h9-10H,3-7H2,1-2H3. The van der Waals surface area contributed by atoms with Gasteiger partial charge >= 0.3 is 6.09 Å². The molecule has 0 aliphatic heterocycles. The molecule has 0 aromatic carbocycles. The summed E-state index contributed by atoms with van der Waals surface area (Å²) in [6.07, 6.45) is 3.36. The SMILES string of the molecule is CCOC(=O)N(C)C1CCC(C#N)CC1. The molecule has 0 bridgehead atoms. The first-order valence-corrected chi connectivity index (χ1v) is 5.48. The van der Waals surface area contributed by atoms with Gasteiger partial charge < -0.3 is 9.64 Å². The summed E-state index contributed by atoms with van der Waals surface area (Å²) in [5.41, 5.74) is 0. The molecule has 84 valence electrons. The first kappa shape index (κ1) is 11.8. The van der Waals surface area contributed by atoms with E-state index in [1.54, 1.807) is 18.9 Å². The highest BCUT2D eigenvalue weighted by molar-refractivity contribution is 5.67. The molecule has 1 rings (SSSR count). The van der Waals surface area contributed by atoms with Gasteiger partial charge in [-0.3, -0.25) is 0 Å². The summed E-state index contributed by atoms with van der Waals surface area (Å²) in [6, 6.07) is 2.53. The van der Waals surface area contributed by atoms with E-state index in [0.717, 1.165) is 25.7 Å². The van der Waals surface area contributed by atoms with Crippen LogP contribution in [0, 0.1) is 17.2 Å². The number of hydrogen-bond donors (Lipinski definition) is 0. The van der Waals surface area contributed by atoms with Gasteiger partial charge in [-0.15, -0.1) is 0 Å². The van der Waals surface area contributed by atoms with Crippen LogP contribution in [0.1, 0.15) is 32.6 Å². The summed E-state index contributed by atoms with van der Waals surface area (Å²) in [4.78, 5) is 13.1. The number of nitriles is 1. The molecule has 4 nitrogen and oxygen atoms in total. The quantitative estimate of drug-likeness (QED) is 0.701. The Kier molecular flexibility index (Phi) is 4.41. The highest BCUT2D eigenvalue weighted by Gasteiger charge is 2.26. The van der Waals surface area contributed by atoms with Gasteiger partial charge in [0.15, 0.2) is 0 Å². The van der Waals surface area contributed by atoms with Gasteiger partial charge in [0.1, 0.15) is 0 Å². The molecule has 1 amide bonds. The van der Waals surface area contributed by atoms with E-state index in [9.17, 15) is 4.79 Å². The van der Waals surface area contributed by atoms with E-state index >= 15 is 0 Å². The Morgan fingerprint density at radius 2 is 2.07 bits per heavy atom. The van der Waals surface area contributed by atoms with Gasteiger partial charge in [-0.25, -0.2) is 4.79 Å². The Bertz CT molecular complexity index is 252. The van der Waals surface area contributed by atoms with Crippen LogP contribution in [-0.2, 0) is 4.74 Å². The Hall–Kier alpha value is -1.24. The van der Waals surface area contributed by atoms with Gasteiger partial charge in [0.2, 0.25) is 0 Å². The zero-order chi connectivity index (χ0) is 11.3. The molecular weight excluding hydrogens is 192 g/mol. The molecule has 0 radical (unpaired) electrons. The predicted molar refractivity (Wildman–Crippen MR) is 56.1 cm³/mol. The number of ether oxygens (including phenoxy) is 1. The molecule has 0 aromatic heterocycles. The zero-order valence-corrected chi connectivity index (χ0v) is 9.40. The minimum Gasteiger partial charge on any atom is -0.450 e. The lowest BCUT2D eigenvalue weighted by Gasteiger charge is -2.31. The highest BCUT2D eigenvalue weighted by Crippen LogP contribution is 2.26. The molecular formula is C11H18N2O2. The molecule has 4 heteroatoms. The lowest BCUT2D eigenvalue weighted by atomic mass is 9.86. The maximum atomic E-state index is 11.4. The molecule has 15 heavy (non-hydrogen) atoms. The zero-order valence-electron chi connectivity index (χ0n) is 9.40. The lowest BCUT2D eigenvalue weighted by Crippen LogP contribution is -2.39. The Balaban J connectivity index is 2.39. The second kappa shape index (κ2) is 5.59. The Labute approximate surface area is 90.8 Å². The number of rotatable bonds is 2. The molecule has 0 saturated heterocycles. The van der Waals surface area contributed by atoms with Crippen molar-refractivity contribution in [3.05, 3.63) is 0 Å². The number of amides is 1. The van der Waals surface area contributed by atoms with Crippen molar-refractivity contribution in [2.75, 3.05) is 13.7 Å². The van der Waals surface area contributed by atoms with Gasteiger partial charge in [-0.1, -0.05) is 0 Å². The second-order valence-corrected chi connectivity index (χ2v) is 3.94. The minimum absolute atomic E-state index is 0.178. The van der Waals surface area contributed by atoms with Gasteiger partial charge in [0, 0.05) is 19.0 Å². The van der Waals surface area contributed by atoms with Gasteiger partial charge in [0.05, 0.1) is 12.7 Å². The van der Waals surface area contributed by atoms with E-state index in [4.69, 9.17) is 10.00 Å². The molecule has 0 unspecified atom stereocenters. The molecule has 0 heterocycles. The number of hydrogen-bond acceptors (Lipinski definition) is 3. The van der Waals surface area contributed by atoms with E-state index in [2.05, 4.69) is 6.07 Å². The van der Waals surface area contributed by atoms with Crippen LogP contribution in [0.3, 0.4) is 0 Å². The van der Waals surface area contributed by atoms with E-state index in [0.29, 0.717) is 6.61 Å². The number of carbonyl (C=O) groups is 1. The summed E-state index contributed by atoms with van der Waals surface area (Å²) < 4.78 is 4.93. The first-order valence-electron chi connectivity index (χ1n) is 5.48. The van der Waals surface area contributed by atoms with Crippen molar-refractivity contribution in [1.29, 1.82) is 5.26 Å². The fraction of sp³-hybridized carbons (Fsp3) is 0.818. The van der Waals surface area contributed by atoms with Crippen LogP contribution in [-0.4, -0.2) is 30.7 Å². The largest absolute Gasteiger partial charge is 0.450 e. The molecule has 0 aromatic rings. The third-order valence-corrected chi connectivity index (χ3v) is 2.98. The fourth-order valence-corrected chi connectivity index (χ4v) is 1.97. The van der Waals surface area contributed by atoms with Crippen molar-refractivity contribution < 1.29 is 9.53 Å². The molecule has 0 atom stereocenters. The monoisotopic (exact) mass is 210 g/mol. The van der Waals surface area contributed by atoms with E-state index < -0.39 is 0 Å². The second-order valence-electron chi connectivity index (χ2n) is 3.94. The normalized spacial score (nSPS) is 25.4. The van der Waals surface area contributed by atoms with Gasteiger partial charge in [-0.2, -0.15) is 5.26 Å². The average Bonchev–Trinajstić information content (AvgIpc) is 2.28. The molecule has 0 N–H and O–H groups in total. The van der Waals surface area contributed by atoms with Crippen molar-refractivity contribution in [3.8, 4) is 6.07 Å². The highest BCUT2D eigenvalue weighted by atomic mass is 16.6. The van der Waals surface area contributed by atoms with Crippen molar-refractivity contribution in [2.45, 2.75) is 38.6 Å². The van der Waals surface area contributed by atoms with Crippen LogP contribution in [0.4, 0.5) is 4.79 Å². The van der Waals surface area contributed by atoms with Crippen LogP contribution in [0.25, 0.3) is 0 Å². The smallest absolute Gasteiger partial charge is 0.409 e. The summed E-state index contributed by atoms with van der Waals surface area (Å²) in [7, 11) is 1.77. The fourth-order valence-electron chi connectivity index (χ4n) is 1.97. The molecule has 1 aliphatic rings. The summed E-state index contributed by atoms with van der Waals surface area (Å²) in [5, 5.41) is 8.75. The van der Waals surface area contributed by atoms with E-state index in [1.807, 2.05) is 0 Å². The minimum atomic E-state index is -0.252. The topological polar surface area (TPSA) is 53.3 Å². The average molecular weight is 210 g/mol. The summed E-state index contributed by atoms with van der Waals surface area (Å²) in [5.74, 6) is 0.178.